The van der Waals surface area contributed by atoms with E-state index in [0.29, 0.717) is 6.54 Å². The van der Waals surface area contributed by atoms with Crippen molar-refractivity contribution in [2.24, 2.45) is 0 Å². The van der Waals surface area contributed by atoms with Crippen LogP contribution in [0, 0.1) is 5.82 Å². The molecule has 0 bridgehead atoms. The summed E-state index contributed by atoms with van der Waals surface area (Å²) in [6.45, 7) is 0.503. The molecule has 2 rings (SSSR count). The summed E-state index contributed by atoms with van der Waals surface area (Å²) < 4.78 is 13.3. The lowest BCUT2D eigenvalue weighted by atomic mass is 10.3. The zero-order valence-electron chi connectivity index (χ0n) is 10.1. The van der Waals surface area contributed by atoms with Gasteiger partial charge in [0.05, 0.1) is 17.9 Å². The highest BCUT2D eigenvalue weighted by Crippen LogP contribution is 2.11. The molecule has 6 heteroatoms. The van der Waals surface area contributed by atoms with Crippen molar-refractivity contribution in [1.82, 2.24) is 15.5 Å². The maximum Gasteiger partial charge on any atom is 0.238 e. The summed E-state index contributed by atoms with van der Waals surface area (Å²) in [5, 5.41) is 13.0. The number of halogens is 1. The maximum absolute atomic E-state index is 13.3. The summed E-state index contributed by atoms with van der Waals surface area (Å²) in [5.74, 6) is -0.765. The van der Waals surface area contributed by atoms with E-state index in [0.717, 1.165) is 5.69 Å². The van der Waals surface area contributed by atoms with Crippen molar-refractivity contribution in [2.75, 3.05) is 11.9 Å². The zero-order chi connectivity index (χ0) is 13.5. The van der Waals surface area contributed by atoms with Crippen molar-refractivity contribution >= 4 is 11.6 Å². The molecule has 2 aromatic rings. The van der Waals surface area contributed by atoms with E-state index in [1.54, 1.807) is 30.5 Å². The third kappa shape index (κ3) is 4.11. The number of carbonyl (C=O) groups is 1. The summed E-state index contributed by atoms with van der Waals surface area (Å²) in [7, 11) is 0. The van der Waals surface area contributed by atoms with Gasteiger partial charge in [-0.25, -0.2) is 4.39 Å². The van der Waals surface area contributed by atoms with Gasteiger partial charge >= 0.3 is 0 Å². The number of amides is 1. The fourth-order valence-corrected chi connectivity index (χ4v) is 1.49. The van der Waals surface area contributed by atoms with Gasteiger partial charge in [0.25, 0.3) is 0 Å². The number of aromatic nitrogens is 2. The highest BCUT2D eigenvalue weighted by atomic mass is 19.1. The third-order valence-corrected chi connectivity index (χ3v) is 2.37. The highest BCUT2D eigenvalue weighted by Gasteiger charge is 2.05. The van der Waals surface area contributed by atoms with E-state index >= 15 is 0 Å². The topological polar surface area (TPSA) is 66.9 Å². The van der Waals surface area contributed by atoms with Crippen LogP contribution in [0.5, 0.6) is 0 Å². The molecular formula is C13H13FN4O. The Balaban J connectivity index is 1.78. The first kappa shape index (κ1) is 13.1. The lowest BCUT2D eigenvalue weighted by Crippen LogP contribution is -2.28. The summed E-state index contributed by atoms with van der Waals surface area (Å²) >= 11 is 0. The first-order chi connectivity index (χ1) is 9.25. The van der Waals surface area contributed by atoms with E-state index in [1.165, 1.54) is 12.1 Å². The largest absolute Gasteiger partial charge is 0.322 e. The smallest absolute Gasteiger partial charge is 0.238 e. The minimum absolute atomic E-state index is 0.0743. The van der Waals surface area contributed by atoms with Crippen LogP contribution >= 0.6 is 0 Å². The van der Waals surface area contributed by atoms with Gasteiger partial charge in [0.15, 0.2) is 0 Å². The minimum Gasteiger partial charge on any atom is -0.322 e. The minimum atomic E-state index is -0.454. The van der Waals surface area contributed by atoms with Crippen molar-refractivity contribution in [3.63, 3.8) is 0 Å². The van der Waals surface area contributed by atoms with Gasteiger partial charge in [-0.3, -0.25) is 4.79 Å². The quantitative estimate of drug-likeness (QED) is 0.851. The number of hydrogen-bond acceptors (Lipinski definition) is 4. The third-order valence-electron chi connectivity index (χ3n) is 2.37. The maximum atomic E-state index is 13.3. The Bertz CT molecular complexity index is 547. The van der Waals surface area contributed by atoms with Gasteiger partial charge in [0.1, 0.15) is 5.82 Å². The summed E-state index contributed by atoms with van der Waals surface area (Å²) in [4.78, 5) is 11.6. The fourth-order valence-electron chi connectivity index (χ4n) is 1.49. The van der Waals surface area contributed by atoms with Gasteiger partial charge in [0, 0.05) is 12.7 Å². The molecule has 5 nitrogen and oxygen atoms in total. The van der Waals surface area contributed by atoms with Crippen LogP contribution in [-0.4, -0.2) is 22.6 Å². The molecule has 19 heavy (non-hydrogen) atoms. The van der Waals surface area contributed by atoms with Crippen LogP contribution in [0.3, 0.4) is 0 Å². The molecule has 0 aliphatic carbocycles. The van der Waals surface area contributed by atoms with Crippen molar-refractivity contribution in [2.45, 2.75) is 6.54 Å². The van der Waals surface area contributed by atoms with Gasteiger partial charge in [-0.2, -0.15) is 10.2 Å². The average molecular weight is 260 g/mol. The molecule has 0 unspecified atom stereocenters. The molecule has 1 aromatic carbocycles. The number of anilines is 1. The van der Waals surface area contributed by atoms with Gasteiger partial charge in [-0.05, 0) is 24.3 Å². The molecule has 0 atom stereocenters. The number of carbonyl (C=O) groups excluding carboxylic acids is 1. The summed E-state index contributed by atoms with van der Waals surface area (Å²) in [6.07, 6.45) is 1.58. The monoisotopic (exact) mass is 260 g/mol. The van der Waals surface area contributed by atoms with E-state index in [-0.39, 0.29) is 18.1 Å². The number of nitrogens with zero attached hydrogens (tertiary/aromatic N) is 2. The van der Waals surface area contributed by atoms with Crippen molar-refractivity contribution in [3.8, 4) is 0 Å². The molecular weight excluding hydrogens is 247 g/mol. The lowest BCUT2D eigenvalue weighted by Gasteiger charge is -2.06. The standard InChI is InChI=1S/C13H13FN4O/c14-11-5-1-2-6-12(11)17-13(19)9-15-8-10-4-3-7-16-18-10/h1-7,15H,8-9H2,(H,17,19). The average Bonchev–Trinajstić information content (AvgIpc) is 2.43. The Labute approximate surface area is 109 Å². The van der Waals surface area contributed by atoms with Crippen LogP contribution in [0.2, 0.25) is 0 Å². The molecule has 1 amide bonds. The second kappa shape index (κ2) is 6.55. The van der Waals surface area contributed by atoms with E-state index < -0.39 is 5.82 Å². The van der Waals surface area contributed by atoms with Crippen LogP contribution in [0.25, 0.3) is 0 Å². The first-order valence-electron chi connectivity index (χ1n) is 5.77. The van der Waals surface area contributed by atoms with Crippen LogP contribution in [0.15, 0.2) is 42.6 Å². The number of rotatable bonds is 5. The molecule has 0 saturated heterocycles. The first-order valence-corrected chi connectivity index (χ1v) is 5.77. The number of hydrogen-bond donors (Lipinski definition) is 2. The van der Waals surface area contributed by atoms with Crippen LogP contribution in [-0.2, 0) is 11.3 Å². The van der Waals surface area contributed by atoms with Crippen LogP contribution in [0.1, 0.15) is 5.69 Å². The van der Waals surface area contributed by atoms with Crippen molar-refractivity contribution in [1.29, 1.82) is 0 Å². The second-order valence-corrected chi connectivity index (χ2v) is 3.85. The summed E-state index contributed by atoms with van der Waals surface area (Å²) in [6, 6.07) is 9.60. The molecule has 0 aliphatic heterocycles. The van der Waals surface area contributed by atoms with Gasteiger partial charge in [-0.1, -0.05) is 12.1 Å². The SMILES string of the molecule is O=C(CNCc1cccnn1)Nc1ccccc1F. The van der Waals surface area contributed by atoms with E-state index in [4.69, 9.17) is 0 Å². The van der Waals surface area contributed by atoms with Crippen LogP contribution < -0.4 is 10.6 Å². The molecule has 0 radical (unpaired) electrons. The van der Waals surface area contributed by atoms with E-state index in [2.05, 4.69) is 20.8 Å². The normalized spacial score (nSPS) is 10.2. The molecule has 1 aromatic heterocycles. The Morgan fingerprint density at radius 2 is 2.05 bits per heavy atom. The van der Waals surface area contributed by atoms with Gasteiger partial charge in [-0.15, -0.1) is 0 Å². The lowest BCUT2D eigenvalue weighted by molar-refractivity contribution is -0.115. The number of benzene rings is 1. The molecule has 0 spiro atoms. The Morgan fingerprint density at radius 1 is 1.21 bits per heavy atom. The highest BCUT2D eigenvalue weighted by molar-refractivity contribution is 5.92. The summed E-state index contributed by atoms with van der Waals surface area (Å²) in [5.41, 5.74) is 0.912. The molecule has 98 valence electrons. The Hall–Kier alpha value is -2.34. The molecule has 0 aliphatic rings. The molecule has 2 N–H and O–H groups in total. The van der Waals surface area contributed by atoms with Gasteiger partial charge < -0.3 is 10.6 Å². The molecule has 0 saturated carbocycles. The molecule has 0 fully saturated rings. The predicted molar refractivity (Wildman–Crippen MR) is 68.8 cm³/mol. The Morgan fingerprint density at radius 3 is 2.79 bits per heavy atom. The van der Waals surface area contributed by atoms with Gasteiger partial charge in [0.2, 0.25) is 5.91 Å². The fraction of sp³-hybridized carbons (Fsp3) is 0.154. The van der Waals surface area contributed by atoms with Crippen molar-refractivity contribution < 1.29 is 9.18 Å². The molecule has 1 heterocycles. The van der Waals surface area contributed by atoms with Crippen molar-refractivity contribution in [3.05, 3.63) is 54.1 Å². The van der Waals surface area contributed by atoms with E-state index in [1.807, 2.05) is 0 Å². The zero-order valence-corrected chi connectivity index (χ0v) is 10.1. The predicted octanol–water partition coefficient (Wildman–Crippen LogP) is 1.34. The Kier molecular flexibility index (Phi) is 4.52. The number of nitrogens with one attached hydrogen (secondary N) is 2. The van der Waals surface area contributed by atoms with Crippen LogP contribution in [0.4, 0.5) is 10.1 Å². The second-order valence-electron chi connectivity index (χ2n) is 3.85. The van der Waals surface area contributed by atoms with E-state index in [9.17, 15) is 9.18 Å². The number of para-hydroxylation sites is 1.